The summed E-state index contributed by atoms with van der Waals surface area (Å²) in [6.07, 6.45) is 3.93. The fraction of sp³-hybridized carbons (Fsp3) is 0.576. The Morgan fingerprint density at radius 3 is 2.55 bits per heavy atom. The molecule has 2 aliphatic heterocycles. The van der Waals surface area contributed by atoms with E-state index in [4.69, 9.17) is 26.1 Å². The standard InChI is InChI=1S/C33H45ClFN7O4Si/c1-33(2,3)46-32(44)38(4)24-16-19-10-13-23(24)42(19)31-36-29-25(30(43)39(31)5)21(17-41(29)18-45-14-15-47(7,8)9)20-11-12-22-26(27(20)35)28(34)40(6)37-22/h11-12,17,19,23-24H,10,13-16,18H2,1-9H3/t19-,23+,24+/m0/s1. The van der Waals surface area contributed by atoms with E-state index < -0.39 is 19.5 Å². The smallest absolute Gasteiger partial charge is 0.410 e. The van der Waals surface area contributed by atoms with Crippen LogP contribution in [0.3, 0.4) is 0 Å². The summed E-state index contributed by atoms with van der Waals surface area (Å²) in [6, 6.07) is 4.31. The molecule has 0 saturated carbocycles. The van der Waals surface area contributed by atoms with Crippen LogP contribution in [0.5, 0.6) is 0 Å². The molecular formula is C33H45ClFN7O4Si. The van der Waals surface area contributed by atoms with Gasteiger partial charge in [0.2, 0.25) is 5.95 Å². The second kappa shape index (κ2) is 11.9. The molecule has 3 aromatic heterocycles. The highest BCUT2D eigenvalue weighted by molar-refractivity contribution is 6.76. The minimum absolute atomic E-state index is 0.0310. The zero-order chi connectivity index (χ0) is 34.2. The van der Waals surface area contributed by atoms with E-state index in [-0.39, 0.29) is 52.6 Å². The van der Waals surface area contributed by atoms with Crippen molar-refractivity contribution in [1.29, 1.82) is 0 Å². The van der Waals surface area contributed by atoms with Crippen molar-refractivity contribution >= 4 is 53.7 Å². The van der Waals surface area contributed by atoms with Crippen LogP contribution in [0.1, 0.15) is 40.0 Å². The average Bonchev–Trinajstić information content (AvgIpc) is 3.72. The molecule has 254 valence electrons. The molecule has 11 nitrogen and oxygen atoms in total. The van der Waals surface area contributed by atoms with E-state index in [0.717, 1.165) is 25.3 Å². The summed E-state index contributed by atoms with van der Waals surface area (Å²) in [4.78, 5) is 36.4. The van der Waals surface area contributed by atoms with Gasteiger partial charge in [0, 0.05) is 59.2 Å². The molecule has 6 rings (SSSR count). The van der Waals surface area contributed by atoms with Crippen LogP contribution in [0.25, 0.3) is 33.1 Å². The summed E-state index contributed by atoms with van der Waals surface area (Å²) in [5.41, 5.74) is 0.615. The molecule has 0 spiro atoms. The first-order valence-electron chi connectivity index (χ1n) is 16.2. The van der Waals surface area contributed by atoms with E-state index in [1.807, 2.05) is 20.8 Å². The lowest BCUT2D eigenvalue weighted by Crippen LogP contribution is -2.47. The number of hydrogen-bond donors (Lipinski definition) is 0. The SMILES string of the molecule is CN(C(=O)OC(C)(C)C)[C@@H]1C[C@@H]2CC[C@H]1N2c1nc2c(c(-c3ccc4nn(C)c(Cl)c4c3F)cn2COCC[Si](C)(C)C)c(=O)n1C. The number of fused-ring (bicyclic) bond motifs is 4. The van der Waals surface area contributed by atoms with Gasteiger partial charge >= 0.3 is 6.09 Å². The first kappa shape index (κ1) is 33.5. The third kappa shape index (κ3) is 6.06. The Kier molecular flexibility index (Phi) is 8.49. The van der Waals surface area contributed by atoms with E-state index in [9.17, 15) is 9.59 Å². The quantitative estimate of drug-likeness (QED) is 0.157. The largest absolute Gasteiger partial charge is 0.444 e. The van der Waals surface area contributed by atoms with Crippen molar-refractivity contribution in [2.24, 2.45) is 14.1 Å². The highest BCUT2D eigenvalue weighted by Gasteiger charge is 2.50. The number of nitrogens with zero attached hydrogens (tertiary/aromatic N) is 7. The van der Waals surface area contributed by atoms with Crippen LogP contribution in [0.15, 0.2) is 23.1 Å². The van der Waals surface area contributed by atoms with Gasteiger partial charge in [-0.3, -0.25) is 14.0 Å². The summed E-state index contributed by atoms with van der Waals surface area (Å²) in [6.45, 7) is 13.2. The summed E-state index contributed by atoms with van der Waals surface area (Å²) >= 11 is 6.44. The van der Waals surface area contributed by atoms with Crippen molar-refractivity contribution in [3.63, 3.8) is 0 Å². The zero-order valence-electron chi connectivity index (χ0n) is 28.7. The molecule has 1 aromatic carbocycles. The Morgan fingerprint density at radius 1 is 1.15 bits per heavy atom. The molecule has 2 aliphatic rings. The molecule has 1 amide bonds. The maximum absolute atomic E-state index is 16.2. The molecule has 2 saturated heterocycles. The Hall–Kier alpha value is -3.42. The number of carbonyl (C=O) groups is 1. The molecule has 47 heavy (non-hydrogen) atoms. The average molecular weight is 686 g/mol. The number of benzene rings is 1. The zero-order valence-corrected chi connectivity index (χ0v) is 30.5. The van der Waals surface area contributed by atoms with Gasteiger partial charge in [-0.15, -0.1) is 0 Å². The third-order valence-electron chi connectivity index (χ3n) is 9.37. The Morgan fingerprint density at radius 2 is 1.87 bits per heavy atom. The number of ether oxygens (including phenoxy) is 2. The number of anilines is 1. The van der Waals surface area contributed by atoms with Crippen molar-refractivity contribution in [2.75, 3.05) is 18.6 Å². The highest BCUT2D eigenvalue weighted by atomic mass is 35.5. The lowest BCUT2D eigenvalue weighted by Gasteiger charge is -2.33. The van der Waals surface area contributed by atoms with Crippen molar-refractivity contribution < 1.29 is 18.7 Å². The number of carbonyl (C=O) groups excluding carboxylic acids is 1. The number of aryl methyl sites for hydroxylation is 1. The van der Waals surface area contributed by atoms with Crippen LogP contribution in [-0.4, -0.2) is 80.3 Å². The van der Waals surface area contributed by atoms with Gasteiger partial charge in [0.1, 0.15) is 23.3 Å². The van der Waals surface area contributed by atoms with Crippen LogP contribution in [0, 0.1) is 5.82 Å². The van der Waals surface area contributed by atoms with Gasteiger partial charge in [0.05, 0.1) is 28.4 Å². The molecule has 14 heteroatoms. The van der Waals surface area contributed by atoms with Crippen LogP contribution in [0.2, 0.25) is 30.8 Å². The van der Waals surface area contributed by atoms with Gasteiger partial charge in [0.15, 0.2) is 5.65 Å². The predicted molar refractivity (Wildman–Crippen MR) is 185 cm³/mol. The molecule has 5 heterocycles. The van der Waals surface area contributed by atoms with Gasteiger partial charge < -0.3 is 23.8 Å². The van der Waals surface area contributed by atoms with Crippen LogP contribution in [-0.2, 0) is 30.3 Å². The number of rotatable bonds is 8. The summed E-state index contributed by atoms with van der Waals surface area (Å²) in [5.74, 6) is -0.0228. The summed E-state index contributed by atoms with van der Waals surface area (Å²) in [5, 5.41) is 4.99. The van der Waals surface area contributed by atoms with Crippen LogP contribution < -0.4 is 10.5 Å². The summed E-state index contributed by atoms with van der Waals surface area (Å²) < 4.78 is 32.8. The number of halogens is 2. The monoisotopic (exact) mass is 685 g/mol. The number of likely N-dealkylation sites (N-methyl/N-ethyl adjacent to an activating group) is 1. The molecule has 2 fully saturated rings. The molecule has 0 unspecified atom stereocenters. The van der Waals surface area contributed by atoms with Gasteiger partial charge in [0.25, 0.3) is 5.56 Å². The lowest BCUT2D eigenvalue weighted by atomic mass is 9.95. The van der Waals surface area contributed by atoms with Gasteiger partial charge in [-0.2, -0.15) is 10.1 Å². The third-order valence-corrected chi connectivity index (χ3v) is 11.5. The van der Waals surface area contributed by atoms with E-state index in [1.165, 1.54) is 4.68 Å². The Balaban J connectivity index is 1.44. The Bertz CT molecular complexity index is 1920. The van der Waals surface area contributed by atoms with E-state index in [2.05, 4.69) is 29.6 Å². The van der Waals surface area contributed by atoms with Gasteiger partial charge in [-0.05, 0) is 58.2 Å². The van der Waals surface area contributed by atoms with Crippen LogP contribution >= 0.6 is 11.6 Å². The Labute approximate surface area is 280 Å². The second-order valence-corrected chi connectivity index (χ2v) is 21.2. The summed E-state index contributed by atoms with van der Waals surface area (Å²) in [7, 11) is 3.81. The second-order valence-electron chi connectivity index (χ2n) is 15.2. The first-order chi connectivity index (χ1) is 22.0. The maximum atomic E-state index is 16.2. The van der Waals surface area contributed by atoms with E-state index in [0.29, 0.717) is 34.7 Å². The number of hydrogen-bond acceptors (Lipinski definition) is 7. The fourth-order valence-electron chi connectivity index (χ4n) is 6.95. The molecule has 2 bridgehead atoms. The van der Waals surface area contributed by atoms with Crippen molar-refractivity contribution in [3.05, 3.63) is 39.7 Å². The maximum Gasteiger partial charge on any atom is 0.410 e. The minimum Gasteiger partial charge on any atom is -0.444 e. The van der Waals surface area contributed by atoms with Gasteiger partial charge in [-0.1, -0.05) is 31.2 Å². The first-order valence-corrected chi connectivity index (χ1v) is 20.3. The number of aromatic nitrogens is 5. The topological polar surface area (TPSA) is 99.7 Å². The highest BCUT2D eigenvalue weighted by Crippen LogP contribution is 2.43. The van der Waals surface area contributed by atoms with Crippen LogP contribution in [0.4, 0.5) is 15.1 Å². The number of amides is 1. The predicted octanol–water partition coefficient (Wildman–Crippen LogP) is 6.37. The van der Waals surface area contributed by atoms with Gasteiger partial charge in [-0.25, -0.2) is 9.18 Å². The molecular weight excluding hydrogens is 641 g/mol. The van der Waals surface area contributed by atoms with Crippen molar-refractivity contribution in [3.8, 4) is 11.1 Å². The van der Waals surface area contributed by atoms with E-state index in [1.54, 1.807) is 53.5 Å². The lowest BCUT2D eigenvalue weighted by molar-refractivity contribution is 0.0202. The normalized spacial score (nSPS) is 19.8. The fourth-order valence-corrected chi connectivity index (χ4v) is 7.93. The molecule has 4 aromatic rings. The van der Waals surface area contributed by atoms with Crippen molar-refractivity contribution in [1.82, 2.24) is 28.8 Å². The minimum atomic E-state index is -1.34. The molecule has 0 N–H and O–H groups in total. The van der Waals surface area contributed by atoms with E-state index >= 15 is 4.39 Å². The van der Waals surface area contributed by atoms with Crippen molar-refractivity contribution in [2.45, 2.75) is 96.2 Å². The molecule has 0 radical (unpaired) electrons. The molecule has 3 atom stereocenters. The molecule has 0 aliphatic carbocycles.